The number of thioether (sulfide) groups is 1. The van der Waals surface area contributed by atoms with E-state index in [0.717, 1.165) is 24.0 Å². The maximum absolute atomic E-state index is 4.49. The number of rotatable bonds is 4. The molecule has 0 radical (unpaired) electrons. The van der Waals surface area contributed by atoms with E-state index in [1.807, 2.05) is 6.20 Å². The Morgan fingerprint density at radius 1 is 1.42 bits per heavy atom. The zero-order valence-corrected chi connectivity index (χ0v) is 13.3. The average molecular weight is 279 g/mol. The average Bonchev–Trinajstić information content (AvgIpc) is 2.46. The number of hydrogen-bond acceptors (Lipinski definition) is 4. The molecule has 2 heterocycles. The molecule has 2 rings (SSSR count). The van der Waals surface area contributed by atoms with Crippen LogP contribution in [0.3, 0.4) is 0 Å². The molecule has 1 saturated heterocycles. The van der Waals surface area contributed by atoms with E-state index in [0.29, 0.717) is 6.04 Å². The summed E-state index contributed by atoms with van der Waals surface area (Å²) in [5, 5.41) is 1.10. The minimum Gasteiger partial charge on any atom is -0.370 e. The van der Waals surface area contributed by atoms with E-state index >= 15 is 0 Å². The van der Waals surface area contributed by atoms with E-state index < -0.39 is 0 Å². The molecule has 106 valence electrons. The Bertz CT molecular complexity index is 391. The van der Waals surface area contributed by atoms with E-state index in [1.54, 1.807) is 11.8 Å². The predicted octanol–water partition coefficient (Wildman–Crippen LogP) is 2.97. The van der Waals surface area contributed by atoms with Gasteiger partial charge in [-0.1, -0.05) is 0 Å². The van der Waals surface area contributed by atoms with Crippen molar-refractivity contribution in [2.24, 2.45) is 5.92 Å². The third kappa shape index (κ3) is 3.63. The van der Waals surface area contributed by atoms with Crippen LogP contribution in [0.25, 0.3) is 0 Å². The van der Waals surface area contributed by atoms with Crippen LogP contribution in [0.2, 0.25) is 0 Å². The third-order valence-corrected chi connectivity index (χ3v) is 4.91. The van der Waals surface area contributed by atoms with Crippen molar-refractivity contribution >= 4 is 17.4 Å². The molecule has 0 spiro atoms. The van der Waals surface area contributed by atoms with Crippen molar-refractivity contribution in [1.82, 2.24) is 9.88 Å². The lowest BCUT2D eigenvalue weighted by atomic mass is 9.91. The molecule has 1 aromatic rings. The zero-order valence-electron chi connectivity index (χ0n) is 12.5. The Hall–Kier alpha value is -0.740. The number of piperidine rings is 1. The summed E-state index contributed by atoms with van der Waals surface area (Å²) in [6.45, 7) is 4.65. The highest BCUT2D eigenvalue weighted by molar-refractivity contribution is 7.98. The Labute approximate surface area is 121 Å². The topological polar surface area (TPSA) is 19.4 Å². The molecule has 1 unspecified atom stereocenters. The molecule has 1 aliphatic heterocycles. The molecule has 0 bridgehead atoms. The summed E-state index contributed by atoms with van der Waals surface area (Å²) in [4.78, 5) is 9.32. The van der Waals surface area contributed by atoms with Gasteiger partial charge in [0.1, 0.15) is 0 Å². The summed E-state index contributed by atoms with van der Waals surface area (Å²) in [6.07, 6.45) is 6.71. The first kappa shape index (κ1) is 14.7. The van der Waals surface area contributed by atoms with Crippen molar-refractivity contribution < 1.29 is 0 Å². The molecule has 0 saturated carbocycles. The molecule has 0 N–H and O–H groups in total. The molecule has 3 nitrogen and oxygen atoms in total. The number of pyridine rings is 1. The van der Waals surface area contributed by atoms with Gasteiger partial charge in [0.05, 0.1) is 16.9 Å². The predicted molar refractivity (Wildman–Crippen MR) is 84.1 cm³/mol. The van der Waals surface area contributed by atoms with Gasteiger partial charge >= 0.3 is 0 Å². The van der Waals surface area contributed by atoms with Gasteiger partial charge in [-0.2, -0.15) is 0 Å². The number of aromatic nitrogens is 1. The maximum atomic E-state index is 4.49. The minimum atomic E-state index is 0.640. The smallest absolute Gasteiger partial charge is 0.0958 e. The molecule has 1 aliphatic rings. The van der Waals surface area contributed by atoms with Crippen molar-refractivity contribution in [1.29, 1.82) is 0 Å². The number of anilines is 1. The molecule has 1 aromatic heterocycles. The Kier molecular flexibility index (Phi) is 5.11. The van der Waals surface area contributed by atoms with E-state index in [9.17, 15) is 0 Å². The fourth-order valence-electron chi connectivity index (χ4n) is 2.74. The molecule has 2 atom stereocenters. The van der Waals surface area contributed by atoms with Crippen LogP contribution < -0.4 is 4.90 Å². The lowest BCUT2D eigenvalue weighted by Gasteiger charge is -2.39. The van der Waals surface area contributed by atoms with Crippen LogP contribution >= 0.6 is 11.8 Å². The van der Waals surface area contributed by atoms with E-state index in [4.69, 9.17) is 0 Å². The standard InChI is InChI=1S/C15H25N3S/c1-12(17(2)3)13-6-5-9-18(11-13)14-7-8-15(19-4)16-10-14/h7-8,10,12-13H,5-6,9,11H2,1-4H3/t12?,13-/m0/s1. The molecule has 0 aliphatic carbocycles. The highest BCUT2D eigenvalue weighted by Crippen LogP contribution is 2.26. The van der Waals surface area contributed by atoms with Gasteiger partial charge in [-0.3, -0.25) is 0 Å². The quantitative estimate of drug-likeness (QED) is 0.789. The highest BCUT2D eigenvalue weighted by atomic mass is 32.2. The van der Waals surface area contributed by atoms with E-state index in [2.05, 4.69) is 54.2 Å². The first-order chi connectivity index (χ1) is 9.11. The fourth-order valence-corrected chi connectivity index (χ4v) is 3.10. The van der Waals surface area contributed by atoms with Gasteiger partial charge in [0.25, 0.3) is 0 Å². The van der Waals surface area contributed by atoms with Crippen LogP contribution in [0.1, 0.15) is 19.8 Å². The Morgan fingerprint density at radius 2 is 2.21 bits per heavy atom. The van der Waals surface area contributed by atoms with Crippen LogP contribution in [0, 0.1) is 5.92 Å². The molecule has 1 fully saturated rings. The highest BCUT2D eigenvalue weighted by Gasteiger charge is 2.25. The lowest BCUT2D eigenvalue weighted by Crippen LogP contribution is -2.44. The lowest BCUT2D eigenvalue weighted by molar-refractivity contribution is 0.205. The molecule has 0 aromatic carbocycles. The summed E-state index contributed by atoms with van der Waals surface area (Å²) >= 11 is 1.70. The van der Waals surface area contributed by atoms with Crippen molar-refractivity contribution in [2.45, 2.75) is 30.8 Å². The summed E-state index contributed by atoms with van der Waals surface area (Å²) in [7, 11) is 4.36. The molecular weight excluding hydrogens is 254 g/mol. The molecule has 19 heavy (non-hydrogen) atoms. The van der Waals surface area contributed by atoms with Crippen LogP contribution in [0.15, 0.2) is 23.4 Å². The summed E-state index contributed by atoms with van der Waals surface area (Å²) < 4.78 is 0. The van der Waals surface area contributed by atoms with Gasteiger partial charge in [0, 0.05) is 19.1 Å². The monoisotopic (exact) mass is 279 g/mol. The summed E-state index contributed by atoms with van der Waals surface area (Å²) in [6, 6.07) is 4.97. The van der Waals surface area contributed by atoms with Crippen molar-refractivity contribution in [3.63, 3.8) is 0 Å². The first-order valence-corrected chi connectivity index (χ1v) is 8.25. The minimum absolute atomic E-state index is 0.640. The summed E-state index contributed by atoms with van der Waals surface area (Å²) in [5.41, 5.74) is 1.27. The van der Waals surface area contributed by atoms with Crippen LogP contribution in [0.5, 0.6) is 0 Å². The van der Waals surface area contributed by atoms with Crippen molar-refractivity contribution in [3.05, 3.63) is 18.3 Å². The number of nitrogens with zero attached hydrogens (tertiary/aromatic N) is 3. The molecule has 4 heteroatoms. The largest absolute Gasteiger partial charge is 0.370 e. The van der Waals surface area contributed by atoms with Crippen LogP contribution in [0.4, 0.5) is 5.69 Å². The van der Waals surface area contributed by atoms with Gasteiger partial charge in [-0.15, -0.1) is 11.8 Å². The van der Waals surface area contributed by atoms with Crippen molar-refractivity contribution in [2.75, 3.05) is 38.3 Å². The van der Waals surface area contributed by atoms with Gasteiger partial charge in [0.2, 0.25) is 0 Å². The van der Waals surface area contributed by atoms with Gasteiger partial charge in [0.15, 0.2) is 0 Å². The SMILES string of the molecule is CSc1ccc(N2CCC[C@H](C(C)N(C)C)C2)cn1. The second-order valence-corrected chi connectivity index (χ2v) is 6.44. The first-order valence-electron chi connectivity index (χ1n) is 7.03. The molecule has 0 amide bonds. The Morgan fingerprint density at radius 3 is 2.79 bits per heavy atom. The van der Waals surface area contributed by atoms with E-state index in [1.165, 1.54) is 18.5 Å². The maximum Gasteiger partial charge on any atom is 0.0958 e. The van der Waals surface area contributed by atoms with Gasteiger partial charge in [-0.25, -0.2) is 4.98 Å². The third-order valence-electron chi connectivity index (χ3n) is 4.25. The van der Waals surface area contributed by atoms with Gasteiger partial charge < -0.3 is 9.80 Å². The second kappa shape index (κ2) is 6.62. The summed E-state index contributed by atoms with van der Waals surface area (Å²) in [5.74, 6) is 0.754. The van der Waals surface area contributed by atoms with E-state index in [-0.39, 0.29) is 0 Å². The van der Waals surface area contributed by atoms with Crippen molar-refractivity contribution in [3.8, 4) is 0 Å². The fraction of sp³-hybridized carbons (Fsp3) is 0.667. The second-order valence-electron chi connectivity index (χ2n) is 5.61. The van der Waals surface area contributed by atoms with Crippen LogP contribution in [-0.2, 0) is 0 Å². The zero-order chi connectivity index (χ0) is 13.8. The van der Waals surface area contributed by atoms with Crippen LogP contribution in [-0.4, -0.2) is 49.4 Å². The number of hydrogen-bond donors (Lipinski definition) is 0. The van der Waals surface area contributed by atoms with Gasteiger partial charge in [-0.05, 0) is 58.2 Å². The Balaban J connectivity index is 2.03. The molecular formula is C15H25N3S. The normalized spacial score (nSPS) is 21.7.